The standard InChI is InChI=1S/C41H44N6/c1-41(2,3)31-16-12-30(13-17-31)39-33(27-8-10-29(11-9-27)38-26-44-40(46-38)37-7-5-24-43-37)22-25-47(39)32-18-14-28(15-19-32)34-20-21-36(45-34)35-6-4-23-42-35/h8-20,22,25-26,35,37,42-43H,4-7,21,23-24H2,1-3H3,(H,44,46)/t35-,37-/m0/s1. The molecule has 5 aromatic rings. The molecule has 2 atom stereocenters. The molecule has 0 spiro atoms. The highest BCUT2D eigenvalue weighted by atomic mass is 15.0. The van der Waals surface area contributed by atoms with Gasteiger partial charge in [0.25, 0.3) is 0 Å². The molecule has 0 bridgehead atoms. The average Bonchev–Trinajstić information content (AvgIpc) is 3.94. The topological polar surface area (TPSA) is 70.0 Å². The number of hydrogen-bond donors (Lipinski definition) is 3. The molecule has 2 fully saturated rings. The molecule has 5 heterocycles. The average molecular weight is 621 g/mol. The van der Waals surface area contributed by atoms with Gasteiger partial charge in [-0.05, 0) is 90.2 Å². The van der Waals surface area contributed by atoms with Crippen LogP contribution in [-0.4, -0.2) is 39.4 Å². The molecule has 8 rings (SSSR count). The largest absolute Gasteiger partial charge is 0.341 e. The molecule has 6 nitrogen and oxygen atoms in total. The summed E-state index contributed by atoms with van der Waals surface area (Å²) in [6.07, 6.45) is 12.2. The molecule has 3 aliphatic rings. The quantitative estimate of drug-likeness (QED) is 0.170. The van der Waals surface area contributed by atoms with Gasteiger partial charge in [-0.15, -0.1) is 0 Å². The molecule has 238 valence electrons. The van der Waals surface area contributed by atoms with E-state index >= 15 is 0 Å². The van der Waals surface area contributed by atoms with Crippen molar-refractivity contribution in [3.05, 3.63) is 114 Å². The Balaban J connectivity index is 1.12. The number of benzene rings is 3. The van der Waals surface area contributed by atoms with Crippen molar-refractivity contribution < 1.29 is 0 Å². The highest BCUT2D eigenvalue weighted by molar-refractivity contribution is 5.99. The molecular weight excluding hydrogens is 576 g/mol. The van der Waals surface area contributed by atoms with E-state index in [2.05, 4.69) is 137 Å². The molecule has 2 saturated heterocycles. The van der Waals surface area contributed by atoms with E-state index < -0.39 is 0 Å². The van der Waals surface area contributed by atoms with Crippen molar-refractivity contribution in [2.24, 2.45) is 4.99 Å². The number of nitrogens with zero attached hydrogens (tertiary/aromatic N) is 3. The summed E-state index contributed by atoms with van der Waals surface area (Å²) in [6.45, 7) is 8.96. The first kappa shape index (κ1) is 29.9. The van der Waals surface area contributed by atoms with Crippen LogP contribution in [0.1, 0.15) is 75.9 Å². The van der Waals surface area contributed by atoms with E-state index in [-0.39, 0.29) is 5.41 Å². The number of aromatic amines is 1. The summed E-state index contributed by atoms with van der Waals surface area (Å²) in [5, 5.41) is 7.14. The maximum Gasteiger partial charge on any atom is 0.123 e. The molecular formula is C41H44N6. The summed E-state index contributed by atoms with van der Waals surface area (Å²) in [5.41, 5.74) is 13.1. The molecule has 0 unspecified atom stereocenters. The van der Waals surface area contributed by atoms with Crippen molar-refractivity contribution in [1.82, 2.24) is 25.2 Å². The number of hydrogen-bond acceptors (Lipinski definition) is 4. The molecule has 3 N–H and O–H groups in total. The SMILES string of the molecule is CC(C)(C)c1ccc(-c2c(-c3ccc(-c4cnc([C@@H]5CCCN5)[nH]4)cc3)ccn2-c2ccc(C3=CCC([C@@H]4CCCN4)=N3)cc2)cc1. The van der Waals surface area contributed by atoms with Crippen LogP contribution in [0.4, 0.5) is 0 Å². The number of rotatable bonds is 7. The molecule has 0 saturated carbocycles. The number of allylic oxidation sites excluding steroid dienone is 1. The zero-order chi connectivity index (χ0) is 32.0. The molecule has 2 aromatic heterocycles. The molecule has 6 heteroatoms. The summed E-state index contributed by atoms with van der Waals surface area (Å²) in [7, 11) is 0. The third kappa shape index (κ3) is 5.92. The lowest BCUT2D eigenvalue weighted by atomic mass is 9.86. The predicted octanol–water partition coefficient (Wildman–Crippen LogP) is 8.86. The zero-order valence-electron chi connectivity index (χ0n) is 27.7. The lowest BCUT2D eigenvalue weighted by Gasteiger charge is -2.20. The van der Waals surface area contributed by atoms with Crippen molar-refractivity contribution in [3.63, 3.8) is 0 Å². The summed E-state index contributed by atoms with van der Waals surface area (Å²) < 4.78 is 2.33. The highest BCUT2D eigenvalue weighted by Gasteiger charge is 2.24. The van der Waals surface area contributed by atoms with E-state index in [1.807, 2.05) is 6.20 Å². The van der Waals surface area contributed by atoms with E-state index in [9.17, 15) is 0 Å². The summed E-state index contributed by atoms with van der Waals surface area (Å²) in [6, 6.07) is 29.9. The Hall–Kier alpha value is -4.52. The minimum atomic E-state index is 0.0977. The van der Waals surface area contributed by atoms with Gasteiger partial charge in [-0.25, -0.2) is 4.98 Å². The van der Waals surface area contributed by atoms with Crippen LogP contribution in [0.3, 0.4) is 0 Å². The maximum absolute atomic E-state index is 5.03. The smallest absolute Gasteiger partial charge is 0.123 e. The number of aliphatic imine (C=N–C) groups is 1. The molecule has 3 aromatic carbocycles. The van der Waals surface area contributed by atoms with Gasteiger partial charge in [0.15, 0.2) is 0 Å². The second-order valence-corrected chi connectivity index (χ2v) is 14.3. The van der Waals surface area contributed by atoms with Crippen molar-refractivity contribution >= 4 is 11.4 Å². The third-order valence-electron chi connectivity index (χ3n) is 10.1. The van der Waals surface area contributed by atoms with Crippen LogP contribution in [0, 0.1) is 0 Å². The molecule has 0 radical (unpaired) electrons. The first-order valence-electron chi connectivity index (χ1n) is 17.2. The molecule has 3 aliphatic heterocycles. The Morgan fingerprint density at radius 2 is 1.38 bits per heavy atom. The summed E-state index contributed by atoms with van der Waals surface area (Å²) >= 11 is 0. The fourth-order valence-electron chi connectivity index (χ4n) is 7.32. The normalized spacial score (nSPS) is 19.7. The fraction of sp³-hybridized carbons (Fsp3) is 0.317. The van der Waals surface area contributed by atoms with Gasteiger partial charge >= 0.3 is 0 Å². The van der Waals surface area contributed by atoms with Crippen molar-refractivity contribution in [3.8, 4) is 39.3 Å². The molecule has 0 amide bonds. The number of nitrogens with one attached hydrogen (secondary N) is 3. The molecule has 0 aliphatic carbocycles. The van der Waals surface area contributed by atoms with Crippen LogP contribution >= 0.6 is 0 Å². The van der Waals surface area contributed by atoms with Gasteiger partial charge < -0.3 is 20.2 Å². The van der Waals surface area contributed by atoms with Crippen LogP contribution in [0.2, 0.25) is 0 Å². The summed E-state index contributed by atoms with van der Waals surface area (Å²) in [4.78, 5) is 13.3. The second kappa shape index (κ2) is 12.3. The first-order chi connectivity index (χ1) is 22.9. The zero-order valence-corrected chi connectivity index (χ0v) is 27.7. The van der Waals surface area contributed by atoms with Crippen LogP contribution < -0.4 is 10.6 Å². The van der Waals surface area contributed by atoms with Gasteiger partial charge in [0.05, 0.1) is 29.3 Å². The first-order valence-corrected chi connectivity index (χ1v) is 17.2. The second-order valence-electron chi connectivity index (χ2n) is 14.3. The minimum absolute atomic E-state index is 0.0977. The monoisotopic (exact) mass is 620 g/mol. The summed E-state index contributed by atoms with van der Waals surface area (Å²) in [5.74, 6) is 1.04. The Labute approximate surface area is 278 Å². The van der Waals surface area contributed by atoms with Crippen molar-refractivity contribution in [2.75, 3.05) is 13.1 Å². The Morgan fingerprint density at radius 1 is 0.723 bits per heavy atom. The van der Waals surface area contributed by atoms with E-state index in [1.54, 1.807) is 0 Å². The lowest BCUT2D eigenvalue weighted by Crippen LogP contribution is -2.29. The Morgan fingerprint density at radius 3 is 2.06 bits per heavy atom. The predicted molar refractivity (Wildman–Crippen MR) is 194 cm³/mol. The van der Waals surface area contributed by atoms with Gasteiger partial charge in [-0.3, -0.25) is 4.99 Å². The van der Waals surface area contributed by atoms with E-state index in [0.717, 1.165) is 54.4 Å². The fourth-order valence-corrected chi connectivity index (χ4v) is 7.32. The van der Waals surface area contributed by atoms with Gasteiger partial charge in [0, 0.05) is 35.6 Å². The third-order valence-corrected chi connectivity index (χ3v) is 10.1. The lowest BCUT2D eigenvalue weighted by molar-refractivity contribution is 0.590. The maximum atomic E-state index is 5.03. The highest BCUT2D eigenvalue weighted by Crippen LogP contribution is 2.38. The van der Waals surface area contributed by atoms with Gasteiger partial charge in [0.2, 0.25) is 0 Å². The van der Waals surface area contributed by atoms with E-state index in [0.29, 0.717) is 12.1 Å². The number of imidazole rings is 1. The Kier molecular flexibility index (Phi) is 7.78. The van der Waals surface area contributed by atoms with Gasteiger partial charge in [-0.2, -0.15) is 0 Å². The van der Waals surface area contributed by atoms with Crippen molar-refractivity contribution in [2.45, 2.75) is 70.4 Å². The van der Waals surface area contributed by atoms with E-state index in [1.165, 1.54) is 58.5 Å². The molecule has 47 heavy (non-hydrogen) atoms. The minimum Gasteiger partial charge on any atom is -0.341 e. The van der Waals surface area contributed by atoms with Crippen molar-refractivity contribution in [1.29, 1.82) is 0 Å². The van der Waals surface area contributed by atoms with Crippen LogP contribution in [0.15, 0.2) is 102 Å². The van der Waals surface area contributed by atoms with Crippen LogP contribution in [0.25, 0.3) is 45.0 Å². The van der Waals surface area contributed by atoms with Gasteiger partial charge in [0.1, 0.15) is 5.82 Å². The van der Waals surface area contributed by atoms with Crippen LogP contribution in [0.5, 0.6) is 0 Å². The van der Waals surface area contributed by atoms with E-state index in [4.69, 9.17) is 4.99 Å². The Bertz CT molecular complexity index is 1920. The number of H-pyrrole nitrogens is 1. The number of aromatic nitrogens is 3. The van der Waals surface area contributed by atoms with Crippen LogP contribution in [-0.2, 0) is 5.41 Å². The van der Waals surface area contributed by atoms with Gasteiger partial charge in [-0.1, -0.05) is 87.5 Å².